The van der Waals surface area contributed by atoms with Crippen LogP contribution >= 0.6 is 0 Å². The number of hydrogen-bond donors (Lipinski definition) is 1. The first-order valence-corrected chi connectivity index (χ1v) is 4.67. The van der Waals surface area contributed by atoms with Gasteiger partial charge in [-0.3, -0.25) is 0 Å². The second-order valence-corrected chi connectivity index (χ2v) is 4.71. The topological polar surface area (TPSA) is 43.8 Å². The van der Waals surface area contributed by atoms with Gasteiger partial charge in [-0.15, -0.1) is 0 Å². The van der Waals surface area contributed by atoms with Crippen molar-refractivity contribution in [1.29, 1.82) is 0 Å². The van der Waals surface area contributed by atoms with Gasteiger partial charge in [-0.05, 0) is 26.7 Å². The molecule has 1 aromatic heterocycles. The quantitative estimate of drug-likeness (QED) is 0.722. The van der Waals surface area contributed by atoms with Gasteiger partial charge in [-0.2, -0.15) is 0 Å². The lowest BCUT2D eigenvalue weighted by Gasteiger charge is -2.22. The molecular formula is C10H19N3. The van der Waals surface area contributed by atoms with Crippen LogP contribution in [0.25, 0.3) is 0 Å². The first-order chi connectivity index (χ1) is 5.84. The Morgan fingerprint density at radius 2 is 1.92 bits per heavy atom. The molecule has 13 heavy (non-hydrogen) atoms. The average Bonchev–Trinajstić information content (AvgIpc) is 2.28. The highest BCUT2D eigenvalue weighted by Gasteiger charge is 2.19. The Balaban J connectivity index is 3.14. The minimum atomic E-state index is 0.0181. The van der Waals surface area contributed by atoms with E-state index in [0.29, 0.717) is 5.92 Å². The van der Waals surface area contributed by atoms with E-state index < -0.39 is 0 Å². The van der Waals surface area contributed by atoms with Crippen molar-refractivity contribution in [2.75, 3.05) is 5.73 Å². The molecule has 1 aromatic rings. The number of anilines is 1. The summed E-state index contributed by atoms with van der Waals surface area (Å²) >= 11 is 0. The summed E-state index contributed by atoms with van der Waals surface area (Å²) in [5.74, 6) is 1.19. The summed E-state index contributed by atoms with van der Waals surface area (Å²) < 4.78 is 2.02. The molecule has 0 unspecified atom stereocenters. The molecule has 0 amide bonds. The van der Waals surface area contributed by atoms with E-state index in [4.69, 9.17) is 5.73 Å². The second-order valence-electron chi connectivity index (χ2n) is 4.71. The minimum Gasteiger partial charge on any atom is -0.384 e. The van der Waals surface area contributed by atoms with E-state index in [9.17, 15) is 0 Å². The number of rotatable bonds is 1. The third-order valence-corrected chi connectivity index (χ3v) is 2.10. The number of hydrogen-bond acceptors (Lipinski definition) is 2. The van der Waals surface area contributed by atoms with Gasteiger partial charge in [0.25, 0.3) is 0 Å². The third-order valence-electron chi connectivity index (χ3n) is 2.10. The molecule has 2 N–H and O–H groups in total. The van der Waals surface area contributed by atoms with Crippen molar-refractivity contribution in [2.24, 2.45) is 0 Å². The van der Waals surface area contributed by atoms with Crippen LogP contribution in [-0.4, -0.2) is 9.55 Å². The smallest absolute Gasteiger partial charge is 0.127 e. The fourth-order valence-electron chi connectivity index (χ4n) is 1.35. The van der Waals surface area contributed by atoms with Gasteiger partial charge in [-0.25, -0.2) is 4.98 Å². The molecule has 1 rings (SSSR count). The summed E-state index contributed by atoms with van der Waals surface area (Å²) in [6.07, 6.45) is 1.82. The second kappa shape index (κ2) is 3.05. The highest BCUT2D eigenvalue weighted by molar-refractivity contribution is 5.38. The molecule has 0 fully saturated rings. The van der Waals surface area contributed by atoms with Gasteiger partial charge in [0.1, 0.15) is 5.82 Å². The van der Waals surface area contributed by atoms with Gasteiger partial charge < -0.3 is 10.3 Å². The summed E-state index contributed by atoms with van der Waals surface area (Å²) in [6.45, 7) is 10.6. The molecular weight excluding hydrogens is 162 g/mol. The molecule has 3 nitrogen and oxygen atoms in total. The van der Waals surface area contributed by atoms with Crippen LogP contribution in [0.3, 0.4) is 0 Å². The fraction of sp³-hybridized carbons (Fsp3) is 0.700. The van der Waals surface area contributed by atoms with E-state index in [1.165, 1.54) is 0 Å². The lowest BCUT2D eigenvalue weighted by Crippen LogP contribution is -2.22. The normalized spacial score (nSPS) is 12.5. The number of nitrogens with two attached hydrogens (primary N) is 1. The predicted octanol–water partition coefficient (Wildman–Crippen LogP) is 2.34. The maximum absolute atomic E-state index is 5.99. The maximum Gasteiger partial charge on any atom is 0.127 e. The number of imidazole rings is 1. The summed E-state index contributed by atoms with van der Waals surface area (Å²) in [5, 5.41) is 0. The van der Waals surface area contributed by atoms with Crippen molar-refractivity contribution in [3.05, 3.63) is 12.0 Å². The molecule has 0 aliphatic heterocycles. The first-order valence-electron chi connectivity index (χ1n) is 4.67. The van der Waals surface area contributed by atoms with Gasteiger partial charge in [0, 0.05) is 5.54 Å². The van der Waals surface area contributed by atoms with Crippen LogP contribution in [-0.2, 0) is 5.54 Å². The zero-order chi connectivity index (χ0) is 10.2. The number of nitrogen functional groups attached to an aromatic ring is 1. The Bertz CT molecular complexity index is 292. The summed E-state index contributed by atoms with van der Waals surface area (Å²) in [7, 11) is 0. The van der Waals surface area contributed by atoms with Crippen molar-refractivity contribution in [2.45, 2.75) is 46.1 Å². The van der Waals surface area contributed by atoms with Crippen LogP contribution in [0.5, 0.6) is 0 Å². The van der Waals surface area contributed by atoms with Crippen molar-refractivity contribution in [3.8, 4) is 0 Å². The molecule has 0 aliphatic rings. The van der Waals surface area contributed by atoms with Crippen molar-refractivity contribution >= 4 is 5.82 Å². The zero-order valence-electron chi connectivity index (χ0n) is 9.13. The van der Waals surface area contributed by atoms with Crippen LogP contribution in [0.4, 0.5) is 5.82 Å². The van der Waals surface area contributed by atoms with Gasteiger partial charge >= 0.3 is 0 Å². The van der Waals surface area contributed by atoms with Crippen molar-refractivity contribution in [3.63, 3.8) is 0 Å². The summed E-state index contributed by atoms with van der Waals surface area (Å²) in [5.41, 5.74) is 7.00. The van der Waals surface area contributed by atoms with Crippen LogP contribution in [0.1, 0.15) is 46.2 Å². The van der Waals surface area contributed by atoms with Crippen LogP contribution < -0.4 is 5.73 Å². The largest absolute Gasteiger partial charge is 0.384 e. The van der Waals surface area contributed by atoms with E-state index >= 15 is 0 Å². The van der Waals surface area contributed by atoms with E-state index in [-0.39, 0.29) is 5.54 Å². The Kier molecular flexibility index (Phi) is 2.37. The lowest BCUT2D eigenvalue weighted by atomic mass is 10.1. The zero-order valence-corrected chi connectivity index (χ0v) is 9.13. The van der Waals surface area contributed by atoms with Crippen LogP contribution in [0.15, 0.2) is 6.33 Å². The summed E-state index contributed by atoms with van der Waals surface area (Å²) in [4.78, 5) is 4.32. The highest BCUT2D eigenvalue weighted by Crippen LogP contribution is 2.25. The monoisotopic (exact) mass is 181 g/mol. The van der Waals surface area contributed by atoms with Crippen LogP contribution in [0, 0.1) is 0 Å². The van der Waals surface area contributed by atoms with E-state index in [1.807, 2.05) is 10.9 Å². The van der Waals surface area contributed by atoms with Gasteiger partial charge in [0.15, 0.2) is 0 Å². The molecule has 0 spiro atoms. The average molecular weight is 181 g/mol. The molecule has 0 aliphatic carbocycles. The SMILES string of the molecule is CC(C)c1ncn(C(C)(C)C)c1N. The molecule has 3 heteroatoms. The van der Waals surface area contributed by atoms with Crippen molar-refractivity contribution in [1.82, 2.24) is 9.55 Å². The number of aromatic nitrogens is 2. The van der Waals surface area contributed by atoms with E-state index in [0.717, 1.165) is 11.5 Å². The minimum absolute atomic E-state index is 0.0181. The Morgan fingerprint density at radius 3 is 2.15 bits per heavy atom. The summed E-state index contributed by atoms with van der Waals surface area (Å²) in [6, 6.07) is 0. The standard InChI is InChI=1S/C10H19N3/c1-7(2)8-9(11)13(6-12-8)10(3,4)5/h6-7H,11H2,1-5H3. The Morgan fingerprint density at radius 1 is 1.38 bits per heavy atom. The predicted molar refractivity (Wildman–Crippen MR) is 55.7 cm³/mol. The lowest BCUT2D eigenvalue weighted by molar-refractivity contribution is 0.402. The fourth-order valence-corrected chi connectivity index (χ4v) is 1.35. The third kappa shape index (κ3) is 1.85. The van der Waals surface area contributed by atoms with E-state index in [1.54, 1.807) is 0 Å². The van der Waals surface area contributed by atoms with E-state index in [2.05, 4.69) is 39.6 Å². The molecule has 0 bridgehead atoms. The first kappa shape index (κ1) is 10.1. The molecule has 1 heterocycles. The van der Waals surface area contributed by atoms with Gasteiger partial charge in [0.05, 0.1) is 12.0 Å². The molecule has 0 radical (unpaired) electrons. The Hall–Kier alpha value is -0.990. The van der Waals surface area contributed by atoms with Crippen molar-refractivity contribution < 1.29 is 0 Å². The van der Waals surface area contributed by atoms with Gasteiger partial charge in [-0.1, -0.05) is 13.8 Å². The molecule has 0 atom stereocenters. The number of nitrogens with zero attached hydrogens (tertiary/aromatic N) is 2. The van der Waals surface area contributed by atoms with Crippen LogP contribution in [0.2, 0.25) is 0 Å². The highest BCUT2D eigenvalue weighted by atomic mass is 15.2. The maximum atomic E-state index is 5.99. The molecule has 0 saturated carbocycles. The van der Waals surface area contributed by atoms with Gasteiger partial charge in [0.2, 0.25) is 0 Å². The molecule has 74 valence electrons. The molecule has 0 aromatic carbocycles. The molecule has 0 saturated heterocycles. The Labute approximate surface area is 80.0 Å².